The number of anilines is 1. The van der Waals surface area contributed by atoms with Gasteiger partial charge < -0.3 is 15.1 Å². The lowest BCUT2D eigenvalue weighted by Crippen LogP contribution is -2.54. The molecule has 156 valence electrons. The highest BCUT2D eigenvalue weighted by molar-refractivity contribution is 7.99. The molecule has 1 saturated heterocycles. The van der Waals surface area contributed by atoms with Crippen molar-refractivity contribution in [1.29, 1.82) is 0 Å². The first kappa shape index (κ1) is 22.7. The van der Waals surface area contributed by atoms with Gasteiger partial charge in [-0.05, 0) is 26.7 Å². The van der Waals surface area contributed by atoms with Gasteiger partial charge in [-0.25, -0.2) is 9.97 Å². The van der Waals surface area contributed by atoms with E-state index in [-0.39, 0.29) is 29.7 Å². The summed E-state index contributed by atoms with van der Waals surface area (Å²) in [4.78, 5) is 37.1. The number of halogens is 1. The number of rotatable bonds is 8. The van der Waals surface area contributed by atoms with Gasteiger partial charge >= 0.3 is 0 Å². The predicted octanol–water partition coefficient (Wildman–Crippen LogP) is 2.97. The quantitative estimate of drug-likeness (QED) is 0.390. The van der Waals surface area contributed by atoms with E-state index in [9.17, 15) is 9.59 Å². The molecular weight excluding hydrogens is 398 g/mol. The van der Waals surface area contributed by atoms with E-state index in [2.05, 4.69) is 27.1 Å². The van der Waals surface area contributed by atoms with E-state index in [1.54, 1.807) is 6.07 Å². The molecule has 0 bridgehead atoms. The zero-order valence-corrected chi connectivity index (χ0v) is 18.6. The second-order valence-corrected chi connectivity index (χ2v) is 8.46. The van der Waals surface area contributed by atoms with E-state index in [1.165, 1.54) is 11.8 Å². The standard InChI is InChI=1S/C19H30ClN5O2S/c1-5-7-18(27)25-9-8-24(11-14(25)4)16-10-15(20)22-19(23-16)28-12-17(26)21-13(3)6-2/h10,13-14H,5-9,11-12H2,1-4H3,(H,21,26). The monoisotopic (exact) mass is 427 g/mol. The van der Waals surface area contributed by atoms with E-state index in [0.717, 1.165) is 18.7 Å². The number of carbonyl (C=O) groups excluding carboxylic acids is 2. The molecule has 1 fully saturated rings. The molecule has 0 aromatic carbocycles. The van der Waals surface area contributed by atoms with Crippen LogP contribution in [0.4, 0.5) is 5.82 Å². The van der Waals surface area contributed by atoms with Crippen LogP contribution < -0.4 is 10.2 Å². The van der Waals surface area contributed by atoms with E-state index in [1.807, 2.05) is 25.7 Å². The first-order valence-electron chi connectivity index (χ1n) is 9.85. The lowest BCUT2D eigenvalue weighted by atomic mass is 10.1. The summed E-state index contributed by atoms with van der Waals surface area (Å²) in [7, 11) is 0. The third-order valence-corrected chi connectivity index (χ3v) is 5.79. The van der Waals surface area contributed by atoms with Crippen molar-refractivity contribution in [2.45, 2.75) is 64.2 Å². The fourth-order valence-electron chi connectivity index (χ4n) is 3.05. The first-order chi connectivity index (χ1) is 13.3. The van der Waals surface area contributed by atoms with Gasteiger partial charge in [0.25, 0.3) is 0 Å². The van der Waals surface area contributed by atoms with Crippen LogP contribution in [-0.2, 0) is 9.59 Å². The van der Waals surface area contributed by atoms with Crippen LogP contribution in [0.1, 0.15) is 47.0 Å². The maximum atomic E-state index is 12.2. The molecule has 2 rings (SSSR count). The SMILES string of the molecule is CCCC(=O)N1CCN(c2cc(Cl)nc(SCC(=O)NC(C)CC)n2)CC1C. The number of carbonyl (C=O) groups is 2. The van der Waals surface area contributed by atoms with Crippen LogP contribution >= 0.6 is 23.4 Å². The third-order valence-electron chi connectivity index (χ3n) is 4.75. The molecule has 1 aromatic rings. The van der Waals surface area contributed by atoms with Gasteiger partial charge in [0, 0.05) is 44.2 Å². The summed E-state index contributed by atoms with van der Waals surface area (Å²) in [6.07, 6.45) is 2.33. The summed E-state index contributed by atoms with van der Waals surface area (Å²) in [5, 5.41) is 3.77. The highest BCUT2D eigenvalue weighted by Gasteiger charge is 2.28. The molecule has 2 unspecified atom stereocenters. The molecule has 28 heavy (non-hydrogen) atoms. The van der Waals surface area contributed by atoms with Gasteiger partial charge in [-0.2, -0.15) is 0 Å². The Morgan fingerprint density at radius 2 is 2.11 bits per heavy atom. The smallest absolute Gasteiger partial charge is 0.230 e. The molecule has 0 radical (unpaired) electrons. The minimum atomic E-state index is -0.0406. The summed E-state index contributed by atoms with van der Waals surface area (Å²) < 4.78 is 0. The minimum Gasteiger partial charge on any atom is -0.353 e. The maximum Gasteiger partial charge on any atom is 0.230 e. The van der Waals surface area contributed by atoms with Gasteiger partial charge in [-0.1, -0.05) is 37.2 Å². The van der Waals surface area contributed by atoms with Crippen molar-refractivity contribution < 1.29 is 9.59 Å². The molecule has 1 N–H and O–H groups in total. The average molecular weight is 428 g/mol. The number of nitrogens with zero attached hydrogens (tertiary/aromatic N) is 4. The summed E-state index contributed by atoms with van der Waals surface area (Å²) >= 11 is 7.47. The van der Waals surface area contributed by atoms with Gasteiger partial charge in [0.1, 0.15) is 11.0 Å². The van der Waals surface area contributed by atoms with Gasteiger partial charge in [0.2, 0.25) is 11.8 Å². The van der Waals surface area contributed by atoms with Crippen LogP contribution in [0.25, 0.3) is 0 Å². The van der Waals surface area contributed by atoms with Crippen LogP contribution in [0.2, 0.25) is 5.15 Å². The number of hydrogen-bond acceptors (Lipinski definition) is 6. The molecule has 2 atom stereocenters. The van der Waals surface area contributed by atoms with Crippen molar-refractivity contribution in [1.82, 2.24) is 20.2 Å². The molecule has 2 heterocycles. The largest absolute Gasteiger partial charge is 0.353 e. The molecular formula is C19H30ClN5O2S. The molecule has 2 amide bonds. The minimum absolute atomic E-state index is 0.0406. The Kier molecular flexibility index (Phi) is 8.82. The fourth-order valence-corrected chi connectivity index (χ4v) is 3.95. The molecule has 0 spiro atoms. The van der Waals surface area contributed by atoms with Crippen LogP contribution in [0, 0.1) is 0 Å². The lowest BCUT2D eigenvalue weighted by molar-refractivity contribution is -0.133. The predicted molar refractivity (Wildman–Crippen MR) is 114 cm³/mol. The normalized spacial score (nSPS) is 18.1. The highest BCUT2D eigenvalue weighted by Crippen LogP contribution is 2.24. The van der Waals surface area contributed by atoms with Crippen LogP contribution in [-0.4, -0.2) is 64.2 Å². The molecule has 1 aliphatic heterocycles. The van der Waals surface area contributed by atoms with Gasteiger partial charge in [-0.3, -0.25) is 9.59 Å². The Hall–Kier alpha value is -1.54. The average Bonchev–Trinajstić information content (AvgIpc) is 2.65. The van der Waals surface area contributed by atoms with E-state index in [0.29, 0.717) is 36.4 Å². The maximum absolute atomic E-state index is 12.2. The molecule has 1 aromatic heterocycles. The van der Waals surface area contributed by atoms with Crippen LogP contribution in [0.5, 0.6) is 0 Å². The fraction of sp³-hybridized carbons (Fsp3) is 0.684. The molecule has 7 nitrogen and oxygen atoms in total. The Morgan fingerprint density at radius 3 is 2.75 bits per heavy atom. The second kappa shape index (κ2) is 10.9. The summed E-state index contributed by atoms with van der Waals surface area (Å²) in [5.74, 6) is 1.15. The number of piperazine rings is 1. The summed E-state index contributed by atoms with van der Waals surface area (Å²) in [6, 6.07) is 2.00. The molecule has 0 aliphatic carbocycles. The number of amides is 2. The molecule has 1 aliphatic rings. The Bertz CT molecular complexity index is 690. The van der Waals surface area contributed by atoms with Gasteiger partial charge in [0.15, 0.2) is 5.16 Å². The third kappa shape index (κ3) is 6.51. The summed E-state index contributed by atoms with van der Waals surface area (Å²) in [6.45, 7) is 10.1. The first-order valence-corrected chi connectivity index (χ1v) is 11.2. The number of nitrogens with one attached hydrogen (secondary N) is 1. The highest BCUT2D eigenvalue weighted by atomic mass is 35.5. The number of thioether (sulfide) groups is 1. The molecule has 0 saturated carbocycles. The lowest BCUT2D eigenvalue weighted by Gasteiger charge is -2.40. The van der Waals surface area contributed by atoms with Crippen LogP contribution in [0.15, 0.2) is 11.2 Å². The topological polar surface area (TPSA) is 78.4 Å². The Morgan fingerprint density at radius 1 is 1.36 bits per heavy atom. The number of hydrogen-bond donors (Lipinski definition) is 1. The summed E-state index contributed by atoms with van der Waals surface area (Å²) in [5.41, 5.74) is 0. The zero-order valence-electron chi connectivity index (χ0n) is 17.1. The second-order valence-electron chi connectivity index (χ2n) is 7.13. The van der Waals surface area contributed by atoms with Gasteiger partial charge in [-0.15, -0.1) is 0 Å². The van der Waals surface area contributed by atoms with E-state index < -0.39 is 0 Å². The van der Waals surface area contributed by atoms with Crippen molar-refractivity contribution >= 4 is 41.0 Å². The van der Waals surface area contributed by atoms with Crippen molar-refractivity contribution in [3.05, 3.63) is 11.2 Å². The Labute approximate surface area is 176 Å². The Balaban J connectivity index is 1.99. The van der Waals surface area contributed by atoms with E-state index >= 15 is 0 Å². The van der Waals surface area contributed by atoms with Crippen molar-refractivity contribution in [3.63, 3.8) is 0 Å². The van der Waals surface area contributed by atoms with Crippen LogP contribution in [0.3, 0.4) is 0 Å². The van der Waals surface area contributed by atoms with Crippen molar-refractivity contribution in [2.75, 3.05) is 30.3 Å². The van der Waals surface area contributed by atoms with Crippen molar-refractivity contribution in [3.8, 4) is 0 Å². The number of aromatic nitrogens is 2. The van der Waals surface area contributed by atoms with Crippen molar-refractivity contribution in [2.24, 2.45) is 0 Å². The van der Waals surface area contributed by atoms with E-state index in [4.69, 9.17) is 11.6 Å². The molecule has 9 heteroatoms. The zero-order chi connectivity index (χ0) is 20.7. The van der Waals surface area contributed by atoms with Gasteiger partial charge in [0.05, 0.1) is 5.75 Å².